The van der Waals surface area contributed by atoms with Crippen LogP contribution in [0.4, 0.5) is 14.9 Å². The second-order valence-electron chi connectivity index (χ2n) is 5.01. The molecule has 1 aliphatic heterocycles. The highest BCUT2D eigenvalue weighted by Crippen LogP contribution is 2.11. The molecule has 1 aliphatic rings. The van der Waals surface area contributed by atoms with Crippen molar-refractivity contribution in [1.29, 1.82) is 0 Å². The molecule has 0 aromatic heterocycles. The zero-order valence-electron chi connectivity index (χ0n) is 11.4. The van der Waals surface area contributed by atoms with Crippen LogP contribution < -0.4 is 16.4 Å². The summed E-state index contributed by atoms with van der Waals surface area (Å²) < 4.78 is 12.8. The molecule has 4 N–H and O–H groups in total. The summed E-state index contributed by atoms with van der Waals surface area (Å²) in [5.74, 6) is -0.316. The Balaban J connectivity index is 1.74. The lowest BCUT2D eigenvalue weighted by molar-refractivity contribution is 0.200. The Labute approximate surface area is 118 Å². The van der Waals surface area contributed by atoms with E-state index < -0.39 is 0 Å². The normalized spacial score (nSPS) is 16.9. The van der Waals surface area contributed by atoms with Gasteiger partial charge in [0.25, 0.3) is 0 Å². The standard InChI is InChI=1S/C14H21FN4O/c15-11-1-3-12(4-2-11)17-14(20)18-13-5-8-19(9-6-13)10-7-16/h1-4,13H,5-10,16H2,(H2,17,18,20). The monoisotopic (exact) mass is 280 g/mol. The Kier molecular flexibility index (Phi) is 5.31. The van der Waals surface area contributed by atoms with Crippen LogP contribution in [0.3, 0.4) is 0 Å². The van der Waals surface area contributed by atoms with Crippen LogP contribution in [0, 0.1) is 5.82 Å². The summed E-state index contributed by atoms with van der Waals surface area (Å²) in [4.78, 5) is 14.1. The van der Waals surface area contributed by atoms with Gasteiger partial charge < -0.3 is 21.3 Å². The van der Waals surface area contributed by atoms with E-state index in [2.05, 4.69) is 15.5 Å². The number of anilines is 1. The van der Waals surface area contributed by atoms with Crippen molar-refractivity contribution in [1.82, 2.24) is 10.2 Å². The molecule has 0 aliphatic carbocycles. The summed E-state index contributed by atoms with van der Waals surface area (Å²) in [6.07, 6.45) is 1.85. The van der Waals surface area contributed by atoms with Crippen molar-refractivity contribution in [2.24, 2.45) is 5.73 Å². The predicted octanol–water partition coefficient (Wildman–Crippen LogP) is 1.37. The van der Waals surface area contributed by atoms with E-state index in [4.69, 9.17) is 5.73 Å². The van der Waals surface area contributed by atoms with Gasteiger partial charge in [-0.2, -0.15) is 0 Å². The number of amides is 2. The summed E-state index contributed by atoms with van der Waals surface area (Å²) in [5.41, 5.74) is 6.11. The molecule has 1 fully saturated rings. The predicted molar refractivity (Wildman–Crippen MR) is 77.1 cm³/mol. The van der Waals surface area contributed by atoms with Gasteiger partial charge in [-0.05, 0) is 37.1 Å². The maximum atomic E-state index is 12.8. The number of carbonyl (C=O) groups is 1. The lowest BCUT2D eigenvalue weighted by atomic mass is 10.1. The molecule has 1 saturated heterocycles. The zero-order valence-corrected chi connectivity index (χ0v) is 11.4. The number of hydrogen-bond acceptors (Lipinski definition) is 3. The minimum atomic E-state index is -0.316. The Hall–Kier alpha value is -1.66. The van der Waals surface area contributed by atoms with Gasteiger partial charge in [0.15, 0.2) is 0 Å². The van der Waals surface area contributed by atoms with Crippen molar-refractivity contribution in [3.63, 3.8) is 0 Å². The van der Waals surface area contributed by atoms with Crippen LogP contribution in [0.5, 0.6) is 0 Å². The lowest BCUT2D eigenvalue weighted by Crippen LogP contribution is -2.46. The van der Waals surface area contributed by atoms with Crippen molar-refractivity contribution < 1.29 is 9.18 Å². The first-order valence-corrected chi connectivity index (χ1v) is 6.93. The number of urea groups is 1. The molecule has 20 heavy (non-hydrogen) atoms. The van der Waals surface area contributed by atoms with Gasteiger partial charge in [0, 0.05) is 37.9 Å². The minimum Gasteiger partial charge on any atom is -0.335 e. The number of benzene rings is 1. The van der Waals surface area contributed by atoms with Crippen molar-refractivity contribution in [2.75, 3.05) is 31.5 Å². The molecule has 0 radical (unpaired) electrons. The fourth-order valence-electron chi connectivity index (χ4n) is 2.37. The zero-order chi connectivity index (χ0) is 14.4. The van der Waals surface area contributed by atoms with E-state index in [9.17, 15) is 9.18 Å². The van der Waals surface area contributed by atoms with Crippen LogP contribution in [0.2, 0.25) is 0 Å². The Morgan fingerprint density at radius 2 is 1.95 bits per heavy atom. The third-order valence-corrected chi connectivity index (χ3v) is 3.47. The quantitative estimate of drug-likeness (QED) is 0.780. The Morgan fingerprint density at radius 1 is 1.30 bits per heavy atom. The average Bonchev–Trinajstić information content (AvgIpc) is 2.44. The van der Waals surface area contributed by atoms with Gasteiger partial charge in [-0.1, -0.05) is 0 Å². The number of nitrogens with two attached hydrogens (primary N) is 1. The Bertz CT molecular complexity index is 429. The largest absolute Gasteiger partial charge is 0.335 e. The van der Waals surface area contributed by atoms with E-state index in [1.807, 2.05) is 0 Å². The number of carbonyl (C=O) groups excluding carboxylic acids is 1. The first-order valence-electron chi connectivity index (χ1n) is 6.93. The number of piperidine rings is 1. The fraction of sp³-hybridized carbons (Fsp3) is 0.500. The maximum absolute atomic E-state index is 12.8. The summed E-state index contributed by atoms with van der Waals surface area (Å²) in [6, 6.07) is 5.66. The van der Waals surface area contributed by atoms with Crippen LogP contribution in [0.15, 0.2) is 24.3 Å². The summed E-state index contributed by atoms with van der Waals surface area (Å²) in [5, 5.41) is 5.65. The highest BCUT2D eigenvalue weighted by molar-refractivity contribution is 5.89. The fourth-order valence-corrected chi connectivity index (χ4v) is 2.37. The highest BCUT2D eigenvalue weighted by Gasteiger charge is 2.19. The summed E-state index contributed by atoms with van der Waals surface area (Å²) in [7, 11) is 0. The second-order valence-corrected chi connectivity index (χ2v) is 5.01. The Morgan fingerprint density at radius 3 is 2.55 bits per heavy atom. The molecule has 0 spiro atoms. The molecule has 6 heteroatoms. The number of nitrogens with zero attached hydrogens (tertiary/aromatic N) is 1. The number of hydrogen-bond donors (Lipinski definition) is 3. The molecule has 2 amide bonds. The molecule has 1 heterocycles. The second kappa shape index (κ2) is 7.21. The SMILES string of the molecule is NCCN1CCC(NC(=O)Nc2ccc(F)cc2)CC1. The first kappa shape index (κ1) is 14.7. The molecular formula is C14H21FN4O. The van der Waals surface area contributed by atoms with Crippen LogP contribution in [0.25, 0.3) is 0 Å². The van der Waals surface area contributed by atoms with Gasteiger partial charge in [-0.25, -0.2) is 9.18 Å². The summed E-state index contributed by atoms with van der Waals surface area (Å²) >= 11 is 0. The molecule has 2 rings (SSSR count). The molecular weight excluding hydrogens is 259 g/mol. The van der Waals surface area contributed by atoms with Crippen LogP contribution in [0.1, 0.15) is 12.8 Å². The molecule has 1 aromatic rings. The number of nitrogens with one attached hydrogen (secondary N) is 2. The van der Waals surface area contributed by atoms with E-state index in [1.165, 1.54) is 12.1 Å². The van der Waals surface area contributed by atoms with Crippen molar-refractivity contribution >= 4 is 11.7 Å². The van der Waals surface area contributed by atoms with Gasteiger partial charge in [0.2, 0.25) is 0 Å². The molecule has 0 bridgehead atoms. The smallest absolute Gasteiger partial charge is 0.319 e. The van der Waals surface area contributed by atoms with Gasteiger partial charge in [0.1, 0.15) is 5.82 Å². The number of likely N-dealkylation sites (tertiary alicyclic amines) is 1. The topological polar surface area (TPSA) is 70.4 Å². The molecule has 5 nitrogen and oxygen atoms in total. The van der Waals surface area contributed by atoms with E-state index >= 15 is 0 Å². The van der Waals surface area contributed by atoms with E-state index in [0.29, 0.717) is 12.2 Å². The molecule has 0 unspecified atom stereocenters. The van der Waals surface area contributed by atoms with Crippen molar-refractivity contribution in [3.05, 3.63) is 30.1 Å². The molecule has 110 valence electrons. The van der Waals surface area contributed by atoms with E-state index in [-0.39, 0.29) is 17.9 Å². The first-order chi connectivity index (χ1) is 9.67. The maximum Gasteiger partial charge on any atom is 0.319 e. The molecule has 0 saturated carbocycles. The molecule has 1 aromatic carbocycles. The van der Waals surface area contributed by atoms with E-state index in [0.717, 1.165) is 32.5 Å². The number of halogens is 1. The van der Waals surface area contributed by atoms with Crippen molar-refractivity contribution in [3.8, 4) is 0 Å². The summed E-state index contributed by atoms with van der Waals surface area (Å²) in [6.45, 7) is 3.50. The third kappa shape index (κ3) is 4.47. The van der Waals surface area contributed by atoms with Gasteiger partial charge in [-0.15, -0.1) is 0 Å². The van der Waals surface area contributed by atoms with Crippen molar-refractivity contribution in [2.45, 2.75) is 18.9 Å². The average molecular weight is 280 g/mol. The van der Waals surface area contributed by atoms with Gasteiger partial charge in [0.05, 0.1) is 0 Å². The minimum absolute atomic E-state index is 0.185. The van der Waals surface area contributed by atoms with Gasteiger partial charge >= 0.3 is 6.03 Å². The van der Waals surface area contributed by atoms with Crippen LogP contribution in [-0.2, 0) is 0 Å². The molecule has 0 atom stereocenters. The highest BCUT2D eigenvalue weighted by atomic mass is 19.1. The van der Waals surface area contributed by atoms with Crippen LogP contribution in [-0.4, -0.2) is 43.2 Å². The number of rotatable bonds is 4. The van der Waals surface area contributed by atoms with Crippen LogP contribution >= 0.6 is 0 Å². The lowest BCUT2D eigenvalue weighted by Gasteiger charge is -2.31. The van der Waals surface area contributed by atoms with E-state index in [1.54, 1.807) is 12.1 Å². The third-order valence-electron chi connectivity index (χ3n) is 3.47. The van der Waals surface area contributed by atoms with Gasteiger partial charge in [-0.3, -0.25) is 0 Å².